The van der Waals surface area contributed by atoms with Gasteiger partial charge in [0.1, 0.15) is 0 Å². The molecule has 0 aromatic heterocycles. The summed E-state index contributed by atoms with van der Waals surface area (Å²) in [6.45, 7) is 4.95. The lowest BCUT2D eigenvalue weighted by molar-refractivity contribution is -0.169. The molecule has 0 rings (SSSR count). The molecule has 0 N–H and O–H groups in total. The van der Waals surface area contributed by atoms with E-state index < -0.39 is 12.3 Å². The van der Waals surface area contributed by atoms with E-state index in [0.29, 0.717) is 5.71 Å². The number of hydrogen-bond acceptors (Lipinski definition) is 4. The van der Waals surface area contributed by atoms with Crippen LogP contribution >= 0.6 is 0 Å². The van der Waals surface area contributed by atoms with E-state index in [1.165, 1.54) is 0 Å². The molecule has 12 heavy (non-hydrogen) atoms. The van der Waals surface area contributed by atoms with Crippen LogP contribution in [-0.4, -0.2) is 24.6 Å². The molecule has 0 fully saturated rings. The zero-order valence-corrected chi connectivity index (χ0v) is 7.33. The Balaban J connectivity index is 3.79. The molecule has 0 aromatic carbocycles. The lowest BCUT2D eigenvalue weighted by Crippen LogP contribution is -2.20. The van der Waals surface area contributed by atoms with Gasteiger partial charge in [0, 0.05) is 0 Å². The Kier molecular flexibility index (Phi) is 4.99. The van der Waals surface area contributed by atoms with E-state index in [1.807, 2.05) is 0 Å². The van der Waals surface area contributed by atoms with Crippen molar-refractivity contribution in [2.45, 2.75) is 27.1 Å². The molecular weight excluding hydrogens is 165 g/mol. The highest BCUT2D eigenvalue weighted by Crippen LogP contribution is 1.98. The number of rotatable bonds is 4. The number of carbonyl (C=O) groups is 1. The quantitative estimate of drug-likeness (QED) is 0.369. The first-order valence-corrected chi connectivity index (χ1v) is 3.55. The van der Waals surface area contributed by atoms with Crippen LogP contribution < -0.4 is 0 Å². The van der Waals surface area contributed by atoms with Crippen LogP contribution in [0.2, 0.25) is 0 Å². The number of ether oxygens (including phenoxy) is 1. The van der Waals surface area contributed by atoms with Gasteiger partial charge in [0.25, 0.3) is 0 Å². The predicted octanol–water partition coefficient (Wildman–Crippen LogP) is 1.26. The Bertz CT molecular complexity index is 177. The maximum atomic E-state index is 12.5. The molecule has 70 valence electrons. The van der Waals surface area contributed by atoms with Gasteiger partial charge in [0.2, 0.25) is 0 Å². The average molecular weight is 177 g/mol. The van der Waals surface area contributed by atoms with Crippen molar-refractivity contribution in [3.8, 4) is 0 Å². The summed E-state index contributed by atoms with van der Waals surface area (Å²) in [4.78, 5) is 14.7. The summed E-state index contributed by atoms with van der Waals surface area (Å²) in [5, 5.41) is 3.27. The van der Waals surface area contributed by atoms with Gasteiger partial charge in [-0.25, -0.2) is 4.79 Å². The van der Waals surface area contributed by atoms with Crippen LogP contribution in [0.4, 0.5) is 4.39 Å². The summed E-state index contributed by atoms with van der Waals surface area (Å²) in [6.07, 6.45) is -2.13. The van der Waals surface area contributed by atoms with Gasteiger partial charge in [-0.05, 0) is 20.8 Å². The third-order valence-electron chi connectivity index (χ3n) is 0.800. The summed E-state index contributed by atoms with van der Waals surface area (Å²) in [5.74, 6) is -1.05. The molecular formula is C7H12FNO3. The highest BCUT2D eigenvalue weighted by atomic mass is 19.1. The molecule has 0 amide bonds. The molecule has 4 nitrogen and oxygen atoms in total. The monoisotopic (exact) mass is 177 g/mol. The summed E-state index contributed by atoms with van der Waals surface area (Å²) >= 11 is 0. The molecule has 0 saturated carbocycles. The Morgan fingerprint density at radius 2 is 2.17 bits per heavy atom. The zero-order valence-electron chi connectivity index (χ0n) is 7.33. The number of oxime groups is 1. The third kappa shape index (κ3) is 4.65. The molecule has 0 saturated heterocycles. The highest BCUT2D eigenvalue weighted by molar-refractivity contribution is 5.78. The van der Waals surface area contributed by atoms with Crippen molar-refractivity contribution < 1.29 is 18.8 Å². The molecule has 0 aliphatic rings. The largest absolute Gasteiger partial charge is 0.461 e. The number of esters is 1. The van der Waals surface area contributed by atoms with E-state index in [1.54, 1.807) is 20.8 Å². The van der Waals surface area contributed by atoms with Crippen LogP contribution in [0, 0.1) is 0 Å². The number of alkyl halides is 1. The van der Waals surface area contributed by atoms with Crippen LogP contribution in [0.15, 0.2) is 5.16 Å². The molecule has 1 unspecified atom stereocenters. The Hall–Kier alpha value is -1.13. The topological polar surface area (TPSA) is 47.9 Å². The fourth-order valence-electron chi connectivity index (χ4n) is 0.402. The molecule has 0 aromatic rings. The van der Waals surface area contributed by atoms with Crippen molar-refractivity contribution in [3.05, 3.63) is 0 Å². The summed E-state index contributed by atoms with van der Waals surface area (Å²) < 4.78 is 16.9. The Morgan fingerprint density at radius 3 is 2.58 bits per heavy atom. The Morgan fingerprint density at radius 1 is 1.58 bits per heavy atom. The third-order valence-corrected chi connectivity index (χ3v) is 0.800. The summed E-state index contributed by atoms with van der Waals surface area (Å²) in [6, 6.07) is 0. The molecule has 1 atom stereocenters. The van der Waals surface area contributed by atoms with Crippen molar-refractivity contribution in [1.82, 2.24) is 0 Å². The first kappa shape index (κ1) is 10.9. The molecule has 0 radical (unpaired) electrons. The fourth-order valence-corrected chi connectivity index (χ4v) is 0.402. The predicted molar refractivity (Wildman–Crippen MR) is 41.4 cm³/mol. The van der Waals surface area contributed by atoms with Gasteiger partial charge in [-0.15, -0.1) is 0 Å². The van der Waals surface area contributed by atoms with Gasteiger partial charge in [-0.2, -0.15) is 4.39 Å². The minimum atomic E-state index is -2.13. The van der Waals surface area contributed by atoms with Crippen LogP contribution in [0.1, 0.15) is 20.8 Å². The summed E-state index contributed by atoms with van der Waals surface area (Å²) in [5.41, 5.74) is 0.530. The second kappa shape index (κ2) is 5.51. The molecule has 0 spiro atoms. The Labute approximate surface area is 70.3 Å². The van der Waals surface area contributed by atoms with Crippen LogP contribution in [0.5, 0.6) is 0 Å². The normalized spacial score (nSPS) is 11.7. The zero-order chi connectivity index (χ0) is 9.56. The highest BCUT2D eigenvalue weighted by Gasteiger charge is 2.19. The van der Waals surface area contributed by atoms with Crippen LogP contribution in [0.3, 0.4) is 0 Å². The van der Waals surface area contributed by atoms with E-state index >= 15 is 0 Å². The lowest BCUT2D eigenvalue weighted by Gasteiger charge is -2.04. The molecule has 0 heterocycles. The second-order valence-electron chi connectivity index (χ2n) is 2.21. The number of nitrogens with zero attached hydrogens (tertiary/aromatic N) is 1. The van der Waals surface area contributed by atoms with Crippen molar-refractivity contribution in [1.29, 1.82) is 0 Å². The van der Waals surface area contributed by atoms with Crippen molar-refractivity contribution in [2.75, 3.05) is 6.61 Å². The minimum absolute atomic E-state index is 0.122. The maximum Gasteiger partial charge on any atom is 0.383 e. The first-order chi connectivity index (χ1) is 5.57. The van der Waals surface area contributed by atoms with Crippen LogP contribution in [0.25, 0.3) is 0 Å². The fraction of sp³-hybridized carbons (Fsp3) is 0.714. The smallest absolute Gasteiger partial charge is 0.383 e. The number of halogens is 1. The second-order valence-corrected chi connectivity index (χ2v) is 2.21. The summed E-state index contributed by atoms with van der Waals surface area (Å²) in [7, 11) is 0. The van der Waals surface area contributed by atoms with Crippen molar-refractivity contribution in [3.63, 3.8) is 0 Å². The standard InChI is InChI=1S/C7H12FNO3/c1-4-11-7(10)6(8)12-9-5(2)3/h6H,4H2,1-3H3. The van der Waals surface area contributed by atoms with Gasteiger partial charge in [-0.1, -0.05) is 5.16 Å². The average Bonchev–Trinajstić information content (AvgIpc) is 2.00. The van der Waals surface area contributed by atoms with E-state index in [0.717, 1.165) is 0 Å². The van der Waals surface area contributed by atoms with Crippen LogP contribution in [-0.2, 0) is 14.4 Å². The van der Waals surface area contributed by atoms with Gasteiger partial charge < -0.3 is 9.57 Å². The molecule has 5 heteroatoms. The van der Waals surface area contributed by atoms with Gasteiger partial charge in [-0.3, -0.25) is 0 Å². The maximum absolute atomic E-state index is 12.5. The van der Waals surface area contributed by atoms with E-state index in [-0.39, 0.29) is 6.61 Å². The number of carbonyl (C=O) groups excluding carboxylic acids is 1. The van der Waals surface area contributed by atoms with Gasteiger partial charge in [0.05, 0.1) is 12.3 Å². The van der Waals surface area contributed by atoms with E-state index in [4.69, 9.17) is 0 Å². The van der Waals surface area contributed by atoms with E-state index in [9.17, 15) is 9.18 Å². The van der Waals surface area contributed by atoms with E-state index in [2.05, 4.69) is 14.7 Å². The molecule has 0 aliphatic carbocycles. The first-order valence-electron chi connectivity index (χ1n) is 3.55. The van der Waals surface area contributed by atoms with Crippen molar-refractivity contribution in [2.24, 2.45) is 5.16 Å². The number of hydrogen-bond donors (Lipinski definition) is 0. The van der Waals surface area contributed by atoms with Gasteiger partial charge in [0.15, 0.2) is 0 Å². The lowest BCUT2D eigenvalue weighted by atomic mass is 10.5. The van der Waals surface area contributed by atoms with Crippen molar-refractivity contribution >= 4 is 11.7 Å². The SMILES string of the molecule is CCOC(=O)C(F)ON=C(C)C. The minimum Gasteiger partial charge on any atom is -0.461 e. The van der Waals surface area contributed by atoms with Gasteiger partial charge >= 0.3 is 12.3 Å². The molecule has 0 bridgehead atoms. The molecule has 0 aliphatic heterocycles.